The lowest BCUT2D eigenvalue weighted by Gasteiger charge is -2.31. The molecule has 0 radical (unpaired) electrons. The minimum Gasteiger partial charge on any atom is -0.476 e. The van der Waals surface area contributed by atoms with Crippen LogP contribution in [0.15, 0.2) is 60.8 Å². The molecule has 1 unspecified atom stereocenters. The predicted molar refractivity (Wildman–Crippen MR) is 121 cm³/mol. The van der Waals surface area contributed by atoms with Crippen molar-refractivity contribution >= 4 is 16.8 Å². The van der Waals surface area contributed by atoms with E-state index in [4.69, 9.17) is 4.74 Å². The molecule has 2 aromatic carbocycles. The van der Waals surface area contributed by atoms with Crippen LogP contribution in [0.2, 0.25) is 0 Å². The first kappa shape index (κ1) is 21.3. The van der Waals surface area contributed by atoms with Crippen molar-refractivity contribution in [3.63, 3.8) is 0 Å². The number of carbonyl (C=O) groups excluding carboxylic acids is 1. The summed E-state index contributed by atoms with van der Waals surface area (Å²) in [5, 5.41) is 14.3. The van der Waals surface area contributed by atoms with Gasteiger partial charge in [0, 0.05) is 37.8 Å². The molecule has 0 spiro atoms. The third kappa shape index (κ3) is 5.03. The number of aliphatic hydroxyl groups excluding tert-OH is 1. The van der Waals surface area contributed by atoms with Crippen LogP contribution in [0.4, 0.5) is 0 Å². The molecule has 6 heteroatoms. The van der Waals surface area contributed by atoms with E-state index in [1.54, 1.807) is 20.0 Å². The van der Waals surface area contributed by atoms with Gasteiger partial charge in [-0.25, -0.2) is 0 Å². The Hall–Kier alpha value is -2.96. The Balaban J connectivity index is 1.31. The predicted octanol–water partition coefficient (Wildman–Crippen LogP) is 2.93. The zero-order chi connectivity index (χ0) is 21.8. The molecular formula is C25H29N3O3. The van der Waals surface area contributed by atoms with Gasteiger partial charge in [-0.2, -0.15) is 0 Å². The summed E-state index contributed by atoms with van der Waals surface area (Å²) in [5.41, 5.74) is 2.30. The van der Waals surface area contributed by atoms with Crippen molar-refractivity contribution < 1.29 is 14.6 Å². The minimum absolute atomic E-state index is 0.178. The third-order valence-corrected chi connectivity index (χ3v) is 5.68. The van der Waals surface area contributed by atoms with E-state index in [2.05, 4.69) is 33.4 Å². The molecule has 2 N–H and O–H groups in total. The summed E-state index contributed by atoms with van der Waals surface area (Å²) in [5.74, 6) is 0.286. The van der Waals surface area contributed by atoms with E-state index in [-0.39, 0.29) is 12.5 Å². The highest BCUT2D eigenvalue weighted by Gasteiger charge is 2.31. The lowest BCUT2D eigenvalue weighted by Crippen LogP contribution is -2.50. The molecule has 1 amide bonds. The number of β-amino-alcohol motifs (C(OH)–C–C–N with tert-alkyl or cyclic N) is 1. The molecule has 0 fully saturated rings. The van der Waals surface area contributed by atoms with Gasteiger partial charge in [0.15, 0.2) is 5.60 Å². The van der Waals surface area contributed by atoms with Gasteiger partial charge in [-0.05, 0) is 43.5 Å². The van der Waals surface area contributed by atoms with Crippen LogP contribution in [-0.4, -0.2) is 52.2 Å². The molecule has 0 bridgehead atoms. The highest BCUT2D eigenvalue weighted by atomic mass is 16.5. The molecule has 4 rings (SSSR count). The number of nitrogens with one attached hydrogen (secondary N) is 1. The zero-order valence-electron chi connectivity index (χ0n) is 18.0. The average Bonchev–Trinajstić information content (AvgIpc) is 2.77. The van der Waals surface area contributed by atoms with Gasteiger partial charge >= 0.3 is 0 Å². The Morgan fingerprint density at radius 2 is 1.94 bits per heavy atom. The Labute approximate surface area is 182 Å². The summed E-state index contributed by atoms with van der Waals surface area (Å²) < 4.78 is 6.03. The van der Waals surface area contributed by atoms with E-state index in [9.17, 15) is 9.90 Å². The third-order valence-electron chi connectivity index (χ3n) is 5.68. The maximum Gasteiger partial charge on any atom is 0.263 e. The first-order valence-electron chi connectivity index (χ1n) is 10.7. The smallest absolute Gasteiger partial charge is 0.263 e. The quantitative estimate of drug-likeness (QED) is 0.616. The van der Waals surface area contributed by atoms with Crippen LogP contribution in [0, 0.1) is 0 Å². The molecule has 162 valence electrons. The topological polar surface area (TPSA) is 74.7 Å². The number of pyridine rings is 1. The number of para-hydroxylation sites is 1. The number of aliphatic hydroxyl groups is 1. The normalized spacial score (nSPS) is 15.3. The van der Waals surface area contributed by atoms with Crippen molar-refractivity contribution in [2.45, 2.75) is 38.5 Å². The highest BCUT2D eigenvalue weighted by molar-refractivity contribution is 5.87. The number of hydrogen-bond acceptors (Lipinski definition) is 5. The SMILES string of the molecule is CC(C)(Oc1cccc2cccnc12)C(=O)NCC(O)CN1CCc2ccccc2C1. The molecule has 2 heterocycles. The van der Waals surface area contributed by atoms with Crippen LogP contribution >= 0.6 is 0 Å². The summed E-state index contributed by atoms with van der Waals surface area (Å²) >= 11 is 0. The maximum absolute atomic E-state index is 12.8. The number of fused-ring (bicyclic) bond motifs is 2. The summed E-state index contributed by atoms with van der Waals surface area (Å²) in [6.45, 7) is 5.87. The molecular weight excluding hydrogens is 390 g/mol. The lowest BCUT2D eigenvalue weighted by molar-refractivity contribution is -0.134. The Kier molecular flexibility index (Phi) is 6.20. The van der Waals surface area contributed by atoms with Crippen molar-refractivity contribution in [1.82, 2.24) is 15.2 Å². The molecule has 3 aromatic rings. The lowest BCUT2D eigenvalue weighted by atomic mass is 10.00. The first-order chi connectivity index (χ1) is 14.9. The van der Waals surface area contributed by atoms with E-state index >= 15 is 0 Å². The fourth-order valence-electron chi connectivity index (χ4n) is 3.98. The average molecular weight is 420 g/mol. The van der Waals surface area contributed by atoms with Crippen LogP contribution in [0.5, 0.6) is 5.75 Å². The van der Waals surface area contributed by atoms with Gasteiger partial charge in [-0.15, -0.1) is 0 Å². The minimum atomic E-state index is -1.10. The van der Waals surface area contributed by atoms with Gasteiger partial charge in [0.25, 0.3) is 5.91 Å². The fraction of sp³-hybridized carbons (Fsp3) is 0.360. The molecule has 31 heavy (non-hydrogen) atoms. The summed E-state index contributed by atoms with van der Waals surface area (Å²) in [6, 6.07) is 17.9. The van der Waals surface area contributed by atoms with Crippen LogP contribution in [0.1, 0.15) is 25.0 Å². The van der Waals surface area contributed by atoms with E-state index in [0.717, 1.165) is 30.4 Å². The van der Waals surface area contributed by atoms with Crippen LogP contribution in [0.3, 0.4) is 0 Å². The van der Waals surface area contributed by atoms with Gasteiger partial charge in [-0.3, -0.25) is 14.7 Å². The van der Waals surface area contributed by atoms with Crippen molar-refractivity contribution in [3.05, 3.63) is 71.9 Å². The molecule has 1 aliphatic rings. The van der Waals surface area contributed by atoms with Crippen LogP contribution in [0.25, 0.3) is 10.9 Å². The standard InChI is InChI=1S/C25H29N3O3/c1-25(2,31-22-11-5-9-19-10-6-13-26-23(19)22)24(30)27-15-21(29)17-28-14-12-18-7-3-4-8-20(18)16-28/h3-11,13,21,29H,12,14-17H2,1-2H3,(H,27,30). The van der Waals surface area contributed by atoms with E-state index < -0.39 is 11.7 Å². The molecule has 0 saturated carbocycles. The summed E-state index contributed by atoms with van der Waals surface area (Å²) in [6.07, 6.45) is 2.04. The monoisotopic (exact) mass is 419 g/mol. The van der Waals surface area contributed by atoms with Crippen molar-refractivity contribution in [2.24, 2.45) is 0 Å². The number of amides is 1. The number of rotatable bonds is 7. The Morgan fingerprint density at radius 3 is 2.77 bits per heavy atom. The Morgan fingerprint density at radius 1 is 1.16 bits per heavy atom. The van der Waals surface area contributed by atoms with Gasteiger partial charge in [0.05, 0.1) is 6.10 Å². The summed E-state index contributed by atoms with van der Waals surface area (Å²) in [7, 11) is 0. The van der Waals surface area contributed by atoms with Crippen LogP contribution in [-0.2, 0) is 17.8 Å². The van der Waals surface area contributed by atoms with E-state index in [1.165, 1.54) is 11.1 Å². The molecule has 1 aromatic heterocycles. The van der Waals surface area contributed by atoms with Gasteiger partial charge < -0.3 is 15.2 Å². The number of ether oxygens (including phenoxy) is 1. The first-order valence-corrected chi connectivity index (χ1v) is 10.7. The zero-order valence-corrected chi connectivity index (χ0v) is 18.0. The van der Waals surface area contributed by atoms with Crippen LogP contribution < -0.4 is 10.1 Å². The molecule has 0 aliphatic carbocycles. The van der Waals surface area contributed by atoms with Gasteiger partial charge in [0.2, 0.25) is 0 Å². The maximum atomic E-state index is 12.8. The number of nitrogens with zero attached hydrogens (tertiary/aromatic N) is 2. The van der Waals surface area contributed by atoms with Gasteiger partial charge in [0.1, 0.15) is 11.3 Å². The second kappa shape index (κ2) is 9.04. The van der Waals surface area contributed by atoms with Crippen molar-refractivity contribution in [3.8, 4) is 5.75 Å². The number of carbonyl (C=O) groups is 1. The highest BCUT2D eigenvalue weighted by Crippen LogP contribution is 2.27. The Bertz CT molecular complexity index is 1060. The van der Waals surface area contributed by atoms with E-state index in [1.807, 2.05) is 36.4 Å². The van der Waals surface area contributed by atoms with E-state index in [0.29, 0.717) is 12.3 Å². The molecule has 6 nitrogen and oxygen atoms in total. The second-order valence-corrected chi connectivity index (χ2v) is 8.56. The van der Waals surface area contributed by atoms with Gasteiger partial charge in [-0.1, -0.05) is 42.5 Å². The largest absolute Gasteiger partial charge is 0.476 e. The number of hydrogen-bond donors (Lipinski definition) is 2. The number of aromatic nitrogens is 1. The molecule has 0 saturated heterocycles. The summed E-state index contributed by atoms with van der Waals surface area (Å²) in [4.78, 5) is 19.4. The number of benzene rings is 2. The molecule has 1 atom stereocenters. The van der Waals surface area contributed by atoms with Crippen molar-refractivity contribution in [2.75, 3.05) is 19.6 Å². The molecule has 1 aliphatic heterocycles. The fourth-order valence-corrected chi connectivity index (χ4v) is 3.98. The second-order valence-electron chi connectivity index (χ2n) is 8.56. The van der Waals surface area contributed by atoms with Crippen molar-refractivity contribution in [1.29, 1.82) is 0 Å².